The van der Waals surface area contributed by atoms with Gasteiger partial charge in [-0.2, -0.15) is 0 Å². The van der Waals surface area contributed by atoms with Crippen molar-refractivity contribution in [3.05, 3.63) is 24.3 Å². The van der Waals surface area contributed by atoms with Crippen LogP contribution < -0.4 is 0 Å². The molecule has 1 saturated heterocycles. The highest BCUT2D eigenvalue weighted by Crippen LogP contribution is 2.41. The fourth-order valence-corrected chi connectivity index (χ4v) is 4.93. The fourth-order valence-electron chi connectivity index (χ4n) is 4.93. The molecule has 0 N–H and O–H groups in total. The van der Waals surface area contributed by atoms with Gasteiger partial charge in [0.15, 0.2) is 0 Å². The molecule has 2 aliphatic rings. The molecule has 2 fully saturated rings. The standard InChI is InChI=1S/C22H34N4O2/c1-17(27)26(15-18-13-23-16-24-14-18)20-9-6-11-25(12-10-20)21(28)22(2,3)19-7-4-5-8-19/h13-14,16,19-20H,4-12,15H2,1-3H3/t20-/m0/s1. The van der Waals surface area contributed by atoms with Gasteiger partial charge in [-0.15, -0.1) is 0 Å². The molecule has 3 rings (SSSR count). The molecule has 1 aliphatic carbocycles. The van der Waals surface area contributed by atoms with E-state index < -0.39 is 0 Å². The average Bonchev–Trinajstić information content (AvgIpc) is 3.13. The van der Waals surface area contributed by atoms with Crippen LogP contribution in [0.25, 0.3) is 0 Å². The lowest BCUT2D eigenvalue weighted by molar-refractivity contribution is -0.143. The molecule has 2 heterocycles. The van der Waals surface area contributed by atoms with E-state index in [0.29, 0.717) is 18.4 Å². The third kappa shape index (κ3) is 4.70. The van der Waals surface area contributed by atoms with Gasteiger partial charge in [0.05, 0.1) is 0 Å². The van der Waals surface area contributed by atoms with Crippen molar-refractivity contribution in [2.24, 2.45) is 11.3 Å². The van der Waals surface area contributed by atoms with Crippen LogP contribution >= 0.6 is 0 Å². The van der Waals surface area contributed by atoms with E-state index in [1.54, 1.807) is 19.3 Å². The van der Waals surface area contributed by atoms with Crippen molar-refractivity contribution in [1.82, 2.24) is 19.8 Å². The fraction of sp³-hybridized carbons (Fsp3) is 0.727. The quantitative estimate of drug-likeness (QED) is 0.778. The van der Waals surface area contributed by atoms with Gasteiger partial charge < -0.3 is 9.80 Å². The SMILES string of the molecule is CC(=O)N(Cc1cncnc1)[C@H]1CCCN(C(=O)C(C)(C)C2CCCC2)CC1. The lowest BCUT2D eigenvalue weighted by Crippen LogP contribution is -2.45. The number of amides is 2. The van der Waals surface area contributed by atoms with Crippen molar-refractivity contribution in [2.75, 3.05) is 13.1 Å². The Hall–Kier alpha value is -1.98. The van der Waals surface area contributed by atoms with Gasteiger partial charge in [-0.25, -0.2) is 9.97 Å². The molecule has 0 radical (unpaired) electrons. The van der Waals surface area contributed by atoms with Gasteiger partial charge in [0.25, 0.3) is 0 Å². The first kappa shape index (κ1) is 20.7. The zero-order chi connectivity index (χ0) is 20.1. The first-order chi connectivity index (χ1) is 13.4. The van der Waals surface area contributed by atoms with E-state index in [1.807, 2.05) is 4.90 Å². The van der Waals surface area contributed by atoms with E-state index in [-0.39, 0.29) is 17.4 Å². The molecule has 0 spiro atoms. The topological polar surface area (TPSA) is 66.4 Å². The number of rotatable bonds is 5. The minimum absolute atomic E-state index is 0.0694. The molecule has 1 aromatic heterocycles. The van der Waals surface area contributed by atoms with Crippen molar-refractivity contribution in [2.45, 2.75) is 78.3 Å². The summed E-state index contributed by atoms with van der Waals surface area (Å²) in [6.07, 6.45) is 12.6. The second-order valence-corrected chi connectivity index (χ2v) is 8.97. The maximum Gasteiger partial charge on any atom is 0.228 e. The highest BCUT2D eigenvalue weighted by atomic mass is 16.2. The molecule has 1 aromatic rings. The Morgan fingerprint density at radius 3 is 2.39 bits per heavy atom. The number of aromatic nitrogens is 2. The van der Waals surface area contributed by atoms with Crippen LogP contribution in [0.4, 0.5) is 0 Å². The molecule has 28 heavy (non-hydrogen) atoms. The zero-order valence-electron chi connectivity index (χ0n) is 17.6. The first-order valence-electron chi connectivity index (χ1n) is 10.7. The monoisotopic (exact) mass is 386 g/mol. The lowest BCUT2D eigenvalue weighted by atomic mass is 9.76. The number of carbonyl (C=O) groups is 2. The molecule has 1 aliphatic heterocycles. The summed E-state index contributed by atoms with van der Waals surface area (Å²) in [6, 6.07) is 0.157. The third-order valence-electron chi connectivity index (χ3n) is 6.72. The Labute approximate surface area is 168 Å². The van der Waals surface area contributed by atoms with Crippen LogP contribution in [0.3, 0.4) is 0 Å². The van der Waals surface area contributed by atoms with E-state index in [1.165, 1.54) is 32.0 Å². The van der Waals surface area contributed by atoms with Gasteiger partial charge in [-0.1, -0.05) is 26.7 Å². The Bertz CT molecular complexity index is 670. The summed E-state index contributed by atoms with van der Waals surface area (Å²) in [6.45, 7) is 7.94. The normalized spacial score (nSPS) is 21.4. The molecular weight excluding hydrogens is 352 g/mol. The summed E-state index contributed by atoms with van der Waals surface area (Å²) in [4.78, 5) is 37.7. The number of carbonyl (C=O) groups excluding carboxylic acids is 2. The van der Waals surface area contributed by atoms with Gasteiger partial charge in [0, 0.05) is 56.0 Å². The predicted octanol–water partition coefficient (Wildman–Crippen LogP) is 3.42. The lowest BCUT2D eigenvalue weighted by Gasteiger charge is -2.36. The number of nitrogens with zero attached hydrogens (tertiary/aromatic N) is 4. The maximum atomic E-state index is 13.3. The van der Waals surface area contributed by atoms with Crippen LogP contribution in [0.2, 0.25) is 0 Å². The van der Waals surface area contributed by atoms with Crippen LogP contribution in [0, 0.1) is 11.3 Å². The smallest absolute Gasteiger partial charge is 0.228 e. The van der Waals surface area contributed by atoms with E-state index in [9.17, 15) is 9.59 Å². The predicted molar refractivity (Wildman–Crippen MR) is 108 cm³/mol. The summed E-state index contributed by atoms with van der Waals surface area (Å²) in [5.41, 5.74) is 0.662. The van der Waals surface area contributed by atoms with Gasteiger partial charge >= 0.3 is 0 Å². The van der Waals surface area contributed by atoms with Crippen LogP contribution in [-0.4, -0.2) is 50.7 Å². The van der Waals surface area contributed by atoms with Crippen molar-refractivity contribution < 1.29 is 9.59 Å². The van der Waals surface area contributed by atoms with Gasteiger partial charge in [0.1, 0.15) is 6.33 Å². The Balaban J connectivity index is 1.64. The van der Waals surface area contributed by atoms with Crippen LogP contribution in [0.1, 0.15) is 71.3 Å². The minimum Gasteiger partial charge on any atom is -0.342 e. The largest absolute Gasteiger partial charge is 0.342 e. The summed E-state index contributed by atoms with van der Waals surface area (Å²) in [5.74, 6) is 0.872. The summed E-state index contributed by atoms with van der Waals surface area (Å²) in [7, 11) is 0. The molecule has 1 atom stereocenters. The Kier molecular flexibility index (Phi) is 6.68. The summed E-state index contributed by atoms with van der Waals surface area (Å²) < 4.78 is 0. The second-order valence-electron chi connectivity index (χ2n) is 8.97. The average molecular weight is 387 g/mol. The van der Waals surface area contributed by atoms with E-state index >= 15 is 0 Å². The minimum atomic E-state index is -0.280. The van der Waals surface area contributed by atoms with E-state index in [2.05, 4.69) is 28.7 Å². The van der Waals surface area contributed by atoms with Crippen molar-refractivity contribution in [3.8, 4) is 0 Å². The molecule has 0 aromatic carbocycles. The molecule has 6 nitrogen and oxygen atoms in total. The van der Waals surface area contributed by atoms with Crippen LogP contribution in [0.15, 0.2) is 18.7 Å². The van der Waals surface area contributed by atoms with Crippen LogP contribution in [-0.2, 0) is 16.1 Å². The second kappa shape index (κ2) is 9.01. The molecule has 6 heteroatoms. The number of likely N-dealkylation sites (tertiary alicyclic amines) is 1. The van der Waals surface area contributed by atoms with Crippen molar-refractivity contribution in [3.63, 3.8) is 0 Å². The van der Waals surface area contributed by atoms with Gasteiger partial charge in [-0.3, -0.25) is 9.59 Å². The van der Waals surface area contributed by atoms with E-state index in [0.717, 1.165) is 37.9 Å². The molecule has 2 amide bonds. The van der Waals surface area contributed by atoms with Gasteiger partial charge in [-0.05, 0) is 38.0 Å². The highest BCUT2D eigenvalue weighted by molar-refractivity contribution is 5.82. The third-order valence-corrected chi connectivity index (χ3v) is 6.72. The van der Waals surface area contributed by atoms with Crippen molar-refractivity contribution in [1.29, 1.82) is 0 Å². The zero-order valence-corrected chi connectivity index (χ0v) is 17.6. The molecular formula is C22H34N4O2. The Morgan fingerprint density at radius 1 is 1.07 bits per heavy atom. The molecule has 154 valence electrons. The van der Waals surface area contributed by atoms with Crippen LogP contribution in [0.5, 0.6) is 0 Å². The molecule has 1 saturated carbocycles. The molecule has 0 unspecified atom stereocenters. The van der Waals surface area contributed by atoms with E-state index in [4.69, 9.17) is 0 Å². The van der Waals surface area contributed by atoms with Crippen molar-refractivity contribution >= 4 is 11.8 Å². The summed E-state index contributed by atoms with van der Waals surface area (Å²) >= 11 is 0. The number of hydrogen-bond donors (Lipinski definition) is 0. The maximum absolute atomic E-state index is 13.3. The number of hydrogen-bond acceptors (Lipinski definition) is 4. The molecule has 0 bridgehead atoms. The first-order valence-corrected chi connectivity index (χ1v) is 10.7. The Morgan fingerprint density at radius 2 is 1.75 bits per heavy atom. The highest BCUT2D eigenvalue weighted by Gasteiger charge is 2.41. The summed E-state index contributed by atoms with van der Waals surface area (Å²) in [5, 5.41) is 0. The van der Waals surface area contributed by atoms with Gasteiger partial charge in [0.2, 0.25) is 11.8 Å².